The second kappa shape index (κ2) is 6.92. The van der Waals surface area contributed by atoms with Gasteiger partial charge in [0.25, 0.3) is 0 Å². The van der Waals surface area contributed by atoms with Gasteiger partial charge in [0.15, 0.2) is 0 Å². The number of alkyl halides is 1. The van der Waals surface area contributed by atoms with E-state index >= 15 is 0 Å². The standard InChI is InChI=1S/C14H26FN3OS/c1-18-7-6-16-14(18)20-9-13-17-8-12(19-13)10-2-4-11(15)5-3-10/h10-14,16-17H,2-9H2,1H3. The van der Waals surface area contributed by atoms with E-state index in [2.05, 4.69) is 22.6 Å². The Morgan fingerprint density at radius 2 is 2.05 bits per heavy atom. The monoisotopic (exact) mass is 303 g/mol. The Kier molecular flexibility index (Phi) is 5.20. The van der Waals surface area contributed by atoms with Crippen LogP contribution in [0.1, 0.15) is 25.7 Å². The highest BCUT2D eigenvalue weighted by Crippen LogP contribution is 2.32. The molecule has 0 amide bonds. The molecule has 20 heavy (non-hydrogen) atoms. The lowest BCUT2D eigenvalue weighted by Gasteiger charge is -2.28. The fraction of sp³-hybridized carbons (Fsp3) is 1.00. The summed E-state index contributed by atoms with van der Waals surface area (Å²) in [7, 11) is 2.15. The van der Waals surface area contributed by atoms with Crippen LogP contribution in [0.25, 0.3) is 0 Å². The number of hydrogen-bond acceptors (Lipinski definition) is 5. The van der Waals surface area contributed by atoms with Crippen molar-refractivity contribution in [2.24, 2.45) is 5.92 Å². The lowest BCUT2D eigenvalue weighted by atomic mass is 9.84. The molecule has 0 aromatic heterocycles. The molecule has 2 saturated heterocycles. The zero-order valence-electron chi connectivity index (χ0n) is 12.2. The van der Waals surface area contributed by atoms with Crippen LogP contribution in [0, 0.1) is 5.92 Å². The Bertz CT molecular complexity index is 315. The SMILES string of the molecule is CN1CCNC1SCC1NCC(C2CCC(F)CC2)O1. The van der Waals surface area contributed by atoms with Gasteiger partial charge in [0, 0.05) is 25.4 Å². The minimum atomic E-state index is -0.573. The lowest BCUT2D eigenvalue weighted by molar-refractivity contribution is 0.00423. The van der Waals surface area contributed by atoms with E-state index in [1.165, 1.54) is 0 Å². The number of rotatable bonds is 4. The average Bonchev–Trinajstić information content (AvgIpc) is 3.06. The highest BCUT2D eigenvalue weighted by atomic mass is 32.2. The van der Waals surface area contributed by atoms with Crippen LogP contribution < -0.4 is 10.6 Å². The van der Waals surface area contributed by atoms with Crippen molar-refractivity contribution in [3.63, 3.8) is 0 Å². The molecule has 116 valence electrons. The van der Waals surface area contributed by atoms with E-state index in [1.807, 2.05) is 11.8 Å². The average molecular weight is 303 g/mol. The summed E-state index contributed by atoms with van der Waals surface area (Å²) in [6, 6.07) is 0. The summed E-state index contributed by atoms with van der Waals surface area (Å²) in [6.07, 6.45) is 3.30. The van der Waals surface area contributed by atoms with Crippen molar-refractivity contribution in [1.29, 1.82) is 0 Å². The number of nitrogens with zero attached hydrogens (tertiary/aromatic N) is 1. The van der Waals surface area contributed by atoms with Crippen LogP contribution in [0.3, 0.4) is 0 Å². The van der Waals surface area contributed by atoms with Gasteiger partial charge in [-0.2, -0.15) is 0 Å². The zero-order valence-corrected chi connectivity index (χ0v) is 13.0. The van der Waals surface area contributed by atoms with E-state index in [0.717, 1.165) is 51.1 Å². The number of likely N-dealkylation sites (N-methyl/N-ethyl adjacent to an activating group) is 1. The molecule has 3 aliphatic rings. The quantitative estimate of drug-likeness (QED) is 0.821. The number of ether oxygens (including phenoxy) is 1. The van der Waals surface area contributed by atoms with Gasteiger partial charge >= 0.3 is 0 Å². The second-order valence-corrected chi connectivity index (χ2v) is 7.32. The third-order valence-electron chi connectivity index (χ3n) is 4.70. The maximum Gasteiger partial charge on any atom is 0.117 e. The molecule has 3 unspecified atom stereocenters. The molecule has 3 rings (SSSR count). The highest BCUT2D eigenvalue weighted by Gasteiger charge is 2.34. The van der Waals surface area contributed by atoms with Crippen LogP contribution in [0.4, 0.5) is 4.39 Å². The van der Waals surface area contributed by atoms with E-state index in [0.29, 0.717) is 17.5 Å². The summed E-state index contributed by atoms with van der Waals surface area (Å²) in [4.78, 5) is 2.33. The largest absolute Gasteiger partial charge is 0.358 e. The summed E-state index contributed by atoms with van der Waals surface area (Å²) >= 11 is 1.91. The Morgan fingerprint density at radius 1 is 1.25 bits per heavy atom. The van der Waals surface area contributed by atoms with Gasteiger partial charge in [-0.25, -0.2) is 4.39 Å². The summed E-state index contributed by atoms with van der Waals surface area (Å²) in [6.45, 7) is 3.12. The number of hydrogen-bond donors (Lipinski definition) is 2. The summed E-state index contributed by atoms with van der Waals surface area (Å²) in [5.41, 5.74) is 0.418. The molecule has 3 atom stereocenters. The van der Waals surface area contributed by atoms with Crippen molar-refractivity contribution in [3.8, 4) is 0 Å². The van der Waals surface area contributed by atoms with Gasteiger partial charge in [-0.3, -0.25) is 15.5 Å². The van der Waals surface area contributed by atoms with Crippen LogP contribution in [0.15, 0.2) is 0 Å². The van der Waals surface area contributed by atoms with Crippen molar-refractivity contribution < 1.29 is 9.13 Å². The second-order valence-electron chi connectivity index (χ2n) is 6.20. The number of nitrogens with one attached hydrogen (secondary N) is 2. The topological polar surface area (TPSA) is 36.5 Å². The molecule has 0 bridgehead atoms. The number of halogens is 1. The first kappa shape index (κ1) is 15.0. The lowest BCUT2D eigenvalue weighted by Crippen LogP contribution is -2.33. The van der Waals surface area contributed by atoms with Crippen LogP contribution in [0.5, 0.6) is 0 Å². The Morgan fingerprint density at radius 3 is 2.75 bits per heavy atom. The molecule has 4 nitrogen and oxygen atoms in total. The molecule has 2 heterocycles. The van der Waals surface area contributed by atoms with Gasteiger partial charge in [-0.05, 0) is 38.6 Å². The Labute approximate surface area is 125 Å². The molecule has 2 aliphatic heterocycles. The molecular weight excluding hydrogens is 277 g/mol. The van der Waals surface area contributed by atoms with Crippen molar-refractivity contribution in [2.45, 2.75) is 49.7 Å². The smallest absolute Gasteiger partial charge is 0.117 e. The normalized spacial score (nSPS) is 43.2. The molecule has 0 aromatic rings. The van der Waals surface area contributed by atoms with Crippen molar-refractivity contribution in [2.75, 3.05) is 32.4 Å². The summed E-state index contributed by atoms with van der Waals surface area (Å²) < 4.78 is 19.3. The highest BCUT2D eigenvalue weighted by molar-refractivity contribution is 7.99. The molecule has 2 N–H and O–H groups in total. The molecule has 0 aromatic carbocycles. The fourth-order valence-corrected chi connectivity index (χ4v) is 4.53. The minimum absolute atomic E-state index is 0.156. The van der Waals surface area contributed by atoms with E-state index in [9.17, 15) is 4.39 Å². The maximum atomic E-state index is 13.2. The van der Waals surface area contributed by atoms with Crippen molar-refractivity contribution in [1.82, 2.24) is 15.5 Å². The number of thioether (sulfide) groups is 1. The third-order valence-corrected chi connectivity index (χ3v) is 6.04. The van der Waals surface area contributed by atoms with Crippen LogP contribution >= 0.6 is 11.8 Å². The maximum absolute atomic E-state index is 13.2. The molecule has 0 spiro atoms. The van der Waals surface area contributed by atoms with Gasteiger partial charge in [-0.1, -0.05) is 0 Å². The molecule has 6 heteroatoms. The van der Waals surface area contributed by atoms with Gasteiger partial charge in [0.2, 0.25) is 0 Å². The molecular formula is C14H26FN3OS. The zero-order chi connectivity index (χ0) is 13.9. The van der Waals surface area contributed by atoms with E-state index < -0.39 is 6.17 Å². The summed E-state index contributed by atoms with van der Waals surface area (Å²) in [5.74, 6) is 1.52. The first-order valence-electron chi connectivity index (χ1n) is 7.80. The van der Waals surface area contributed by atoms with Gasteiger partial charge in [0.05, 0.1) is 6.10 Å². The summed E-state index contributed by atoms with van der Waals surface area (Å²) in [5, 5.41) is 6.94. The first-order valence-corrected chi connectivity index (χ1v) is 8.85. The van der Waals surface area contributed by atoms with E-state index in [-0.39, 0.29) is 6.23 Å². The van der Waals surface area contributed by atoms with Gasteiger partial charge in [0.1, 0.15) is 17.9 Å². The molecule has 3 fully saturated rings. The molecule has 1 aliphatic carbocycles. The molecule has 1 saturated carbocycles. The van der Waals surface area contributed by atoms with Crippen LogP contribution in [-0.2, 0) is 4.74 Å². The van der Waals surface area contributed by atoms with Crippen molar-refractivity contribution >= 4 is 11.8 Å². The van der Waals surface area contributed by atoms with Gasteiger partial charge < -0.3 is 4.74 Å². The van der Waals surface area contributed by atoms with Crippen molar-refractivity contribution in [3.05, 3.63) is 0 Å². The first-order chi connectivity index (χ1) is 9.72. The molecule has 0 radical (unpaired) electrons. The van der Waals surface area contributed by atoms with E-state index in [1.54, 1.807) is 0 Å². The predicted octanol–water partition coefficient (Wildman–Crippen LogP) is 1.38. The van der Waals surface area contributed by atoms with Crippen LogP contribution in [-0.4, -0.2) is 61.3 Å². The van der Waals surface area contributed by atoms with Gasteiger partial charge in [-0.15, -0.1) is 11.8 Å². The third kappa shape index (κ3) is 3.65. The fourth-order valence-electron chi connectivity index (χ4n) is 3.38. The van der Waals surface area contributed by atoms with Crippen LogP contribution in [0.2, 0.25) is 0 Å². The Hall–Kier alpha value is 0.120. The predicted molar refractivity (Wildman–Crippen MR) is 80.4 cm³/mol. The minimum Gasteiger partial charge on any atom is -0.358 e. The Balaban J connectivity index is 1.38. The van der Waals surface area contributed by atoms with E-state index in [4.69, 9.17) is 4.74 Å².